The number of nitrogens with one attached hydrogen (secondary N) is 1. The molecule has 7 heteroatoms. The molecule has 1 aromatic carbocycles. The molecular weight excluding hydrogens is 372 g/mol. The largest absolute Gasteiger partial charge is 0.493 e. The van der Waals surface area contributed by atoms with Crippen LogP contribution >= 0.6 is 0 Å². The van der Waals surface area contributed by atoms with Crippen molar-refractivity contribution in [1.82, 2.24) is 10.2 Å². The summed E-state index contributed by atoms with van der Waals surface area (Å²) in [7, 11) is 3.29. The highest BCUT2D eigenvalue weighted by atomic mass is 16.5. The number of nitrogens with zero attached hydrogens (tertiary/aromatic N) is 1. The number of carbonyl (C=O) groups is 1. The van der Waals surface area contributed by atoms with E-state index in [1.54, 1.807) is 14.2 Å². The molecule has 7 nitrogen and oxygen atoms in total. The van der Waals surface area contributed by atoms with E-state index in [-0.39, 0.29) is 5.97 Å². The molecule has 0 saturated carbocycles. The van der Waals surface area contributed by atoms with E-state index < -0.39 is 0 Å². The summed E-state index contributed by atoms with van der Waals surface area (Å²) in [6.45, 7) is 7.78. The van der Waals surface area contributed by atoms with Crippen LogP contribution in [0.15, 0.2) is 12.1 Å². The Morgan fingerprint density at radius 3 is 2.48 bits per heavy atom. The number of unbranched alkanes of at least 4 members (excludes halogenated alkanes) is 3. The molecule has 0 unspecified atom stereocenters. The number of piperazine rings is 1. The van der Waals surface area contributed by atoms with Crippen LogP contribution in [0.2, 0.25) is 0 Å². The summed E-state index contributed by atoms with van der Waals surface area (Å²) in [5.74, 6) is 2.00. The van der Waals surface area contributed by atoms with Crippen molar-refractivity contribution in [3.05, 3.63) is 17.7 Å². The smallest absolute Gasteiger partial charge is 0.305 e. The highest BCUT2D eigenvalue weighted by Crippen LogP contribution is 2.40. The summed E-state index contributed by atoms with van der Waals surface area (Å²) in [5.41, 5.74) is 1.12. The summed E-state index contributed by atoms with van der Waals surface area (Å²) in [6, 6.07) is 4.01. The summed E-state index contributed by atoms with van der Waals surface area (Å²) in [5, 5.41) is 3.38. The predicted octanol–water partition coefficient (Wildman–Crippen LogP) is 3.00. The van der Waals surface area contributed by atoms with E-state index in [4.69, 9.17) is 18.9 Å². The lowest BCUT2D eigenvalue weighted by Crippen LogP contribution is -2.42. The van der Waals surface area contributed by atoms with Crippen LogP contribution in [0.5, 0.6) is 17.2 Å². The first-order valence-corrected chi connectivity index (χ1v) is 10.6. The maximum Gasteiger partial charge on any atom is 0.305 e. The second-order valence-corrected chi connectivity index (χ2v) is 7.13. The van der Waals surface area contributed by atoms with Gasteiger partial charge < -0.3 is 24.3 Å². The Bertz CT molecular complexity index is 617. The fourth-order valence-corrected chi connectivity index (χ4v) is 3.46. The molecule has 1 aliphatic rings. The normalized spacial score (nSPS) is 14.4. The standard InChI is InChI=1S/C22H36N2O5/c1-4-28-20(25)9-7-5-6-8-16-29-21-18(17-24-14-12-23-13-15-24)10-11-19(26-2)22(21)27-3/h10-11,23H,4-9,12-17H2,1-3H3. The van der Waals surface area contributed by atoms with E-state index >= 15 is 0 Å². The second-order valence-electron chi connectivity index (χ2n) is 7.13. The van der Waals surface area contributed by atoms with Crippen LogP contribution in [0.1, 0.15) is 44.6 Å². The maximum atomic E-state index is 11.4. The van der Waals surface area contributed by atoms with Gasteiger partial charge in [0.15, 0.2) is 11.5 Å². The molecule has 0 atom stereocenters. The van der Waals surface area contributed by atoms with Crippen molar-refractivity contribution in [3.63, 3.8) is 0 Å². The van der Waals surface area contributed by atoms with Gasteiger partial charge in [-0.05, 0) is 25.8 Å². The van der Waals surface area contributed by atoms with Crippen LogP contribution in [0.3, 0.4) is 0 Å². The van der Waals surface area contributed by atoms with E-state index in [9.17, 15) is 4.79 Å². The molecule has 0 aliphatic carbocycles. The van der Waals surface area contributed by atoms with Crippen molar-refractivity contribution in [2.75, 3.05) is 53.6 Å². The number of carbonyl (C=O) groups excluding carboxylic acids is 1. The van der Waals surface area contributed by atoms with Gasteiger partial charge in [-0.3, -0.25) is 9.69 Å². The molecule has 2 rings (SSSR count). The maximum absolute atomic E-state index is 11.4. The predicted molar refractivity (Wildman–Crippen MR) is 113 cm³/mol. The number of hydrogen-bond donors (Lipinski definition) is 1. The molecular formula is C22H36N2O5. The van der Waals surface area contributed by atoms with E-state index in [0.29, 0.717) is 31.1 Å². The molecule has 0 amide bonds. The van der Waals surface area contributed by atoms with E-state index in [2.05, 4.69) is 16.3 Å². The van der Waals surface area contributed by atoms with Crippen LogP contribution in [0, 0.1) is 0 Å². The Morgan fingerprint density at radius 2 is 1.79 bits per heavy atom. The average molecular weight is 409 g/mol. The average Bonchev–Trinajstić information content (AvgIpc) is 2.74. The van der Waals surface area contributed by atoms with Crippen LogP contribution in [0.25, 0.3) is 0 Å². The lowest BCUT2D eigenvalue weighted by molar-refractivity contribution is -0.143. The number of ether oxygens (including phenoxy) is 4. The third kappa shape index (κ3) is 7.74. The summed E-state index contributed by atoms with van der Waals surface area (Å²) < 4.78 is 22.2. The Hall–Kier alpha value is -1.99. The molecule has 0 bridgehead atoms. The van der Waals surface area contributed by atoms with Crippen molar-refractivity contribution >= 4 is 5.97 Å². The van der Waals surface area contributed by atoms with Gasteiger partial charge in [0.05, 0.1) is 27.4 Å². The lowest BCUT2D eigenvalue weighted by Gasteiger charge is -2.28. The first-order valence-electron chi connectivity index (χ1n) is 10.6. The number of hydrogen-bond acceptors (Lipinski definition) is 7. The van der Waals surface area contributed by atoms with E-state index in [0.717, 1.165) is 69.7 Å². The Morgan fingerprint density at radius 1 is 1.03 bits per heavy atom. The van der Waals surface area contributed by atoms with Crippen molar-refractivity contribution in [3.8, 4) is 17.2 Å². The van der Waals surface area contributed by atoms with Crippen LogP contribution < -0.4 is 19.5 Å². The zero-order valence-corrected chi connectivity index (χ0v) is 18.1. The lowest BCUT2D eigenvalue weighted by atomic mass is 10.1. The van der Waals surface area contributed by atoms with Crippen LogP contribution in [-0.4, -0.2) is 64.5 Å². The fourth-order valence-electron chi connectivity index (χ4n) is 3.46. The number of rotatable bonds is 13. The molecule has 1 fully saturated rings. The monoisotopic (exact) mass is 408 g/mol. The van der Waals surface area contributed by atoms with Gasteiger partial charge in [-0.1, -0.05) is 18.9 Å². The van der Waals surface area contributed by atoms with Crippen molar-refractivity contribution in [2.24, 2.45) is 0 Å². The first-order chi connectivity index (χ1) is 14.2. The fraction of sp³-hybridized carbons (Fsp3) is 0.682. The van der Waals surface area contributed by atoms with Gasteiger partial charge in [0, 0.05) is 44.7 Å². The van der Waals surface area contributed by atoms with E-state index in [1.807, 2.05) is 13.0 Å². The Kier molecular flexibility index (Phi) is 10.7. The molecule has 1 aliphatic heterocycles. The Labute approximate surface area is 174 Å². The topological polar surface area (TPSA) is 69.3 Å². The summed E-state index contributed by atoms with van der Waals surface area (Å²) in [6.07, 6.45) is 4.28. The van der Waals surface area contributed by atoms with Gasteiger partial charge in [-0.15, -0.1) is 0 Å². The van der Waals surface area contributed by atoms with Gasteiger partial charge >= 0.3 is 5.97 Å². The highest BCUT2D eigenvalue weighted by molar-refractivity contribution is 5.69. The third-order valence-corrected chi connectivity index (χ3v) is 5.01. The number of benzene rings is 1. The number of methoxy groups -OCH3 is 2. The minimum absolute atomic E-state index is 0.109. The number of esters is 1. The quantitative estimate of drug-likeness (QED) is 0.397. The van der Waals surface area contributed by atoms with Crippen molar-refractivity contribution < 1.29 is 23.7 Å². The van der Waals surface area contributed by atoms with E-state index in [1.165, 1.54) is 0 Å². The zero-order valence-electron chi connectivity index (χ0n) is 18.1. The molecule has 0 radical (unpaired) electrons. The molecule has 1 aromatic rings. The molecule has 164 valence electrons. The molecule has 1 N–H and O–H groups in total. The summed E-state index contributed by atoms with van der Waals surface area (Å²) >= 11 is 0. The first kappa shape index (κ1) is 23.3. The van der Waals surface area contributed by atoms with Gasteiger partial charge in [-0.25, -0.2) is 0 Å². The molecule has 1 saturated heterocycles. The minimum atomic E-state index is -0.109. The van der Waals surface area contributed by atoms with Gasteiger partial charge in [0.1, 0.15) is 0 Å². The SMILES string of the molecule is CCOC(=O)CCCCCCOc1c(CN2CCNCC2)ccc(OC)c1OC. The third-order valence-electron chi connectivity index (χ3n) is 5.01. The molecule has 29 heavy (non-hydrogen) atoms. The zero-order chi connectivity index (χ0) is 20.9. The van der Waals surface area contributed by atoms with Gasteiger partial charge in [0.25, 0.3) is 0 Å². The summed E-state index contributed by atoms with van der Waals surface area (Å²) in [4.78, 5) is 13.8. The molecule has 1 heterocycles. The second kappa shape index (κ2) is 13.3. The van der Waals surface area contributed by atoms with Crippen molar-refractivity contribution in [2.45, 2.75) is 45.6 Å². The molecule has 0 aromatic heterocycles. The van der Waals surface area contributed by atoms with Gasteiger partial charge in [0.2, 0.25) is 5.75 Å². The minimum Gasteiger partial charge on any atom is -0.493 e. The van der Waals surface area contributed by atoms with Crippen LogP contribution in [-0.2, 0) is 16.1 Å². The van der Waals surface area contributed by atoms with Crippen molar-refractivity contribution in [1.29, 1.82) is 0 Å². The highest BCUT2D eigenvalue weighted by Gasteiger charge is 2.19. The van der Waals surface area contributed by atoms with Gasteiger partial charge in [-0.2, -0.15) is 0 Å². The van der Waals surface area contributed by atoms with Crippen LogP contribution in [0.4, 0.5) is 0 Å². The Balaban J connectivity index is 1.88. The molecule has 0 spiro atoms.